The summed E-state index contributed by atoms with van der Waals surface area (Å²) in [4.78, 5) is 29.9. The van der Waals surface area contributed by atoms with Gasteiger partial charge in [0.2, 0.25) is 5.91 Å². The van der Waals surface area contributed by atoms with E-state index in [-0.39, 0.29) is 23.7 Å². The van der Waals surface area contributed by atoms with Crippen molar-refractivity contribution in [1.82, 2.24) is 19.6 Å². The van der Waals surface area contributed by atoms with Crippen molar-refractivity contribution in [2.75, 3.05) is 26.2 Å². The Labute approximate surface area is 182 Å². The number of likely N-dealkylation sites (tertiary alicyclic amines) is 2. The summed E-state index contributed by atoms with van der Waals surface area (Å²) >= 11 is 6.16. The number of benzene rings is 1. The van der Waals surface area contributed by atoms with Crippen molar-refractivity contribution in [3.05, 3.63) is 46.7 Å². The minimum absolute atomic E-state index is 0.000880. The van der Waals surface area contributed by atoms with Crippen LogP contribution in [0.5, 0.6) is 0 Å². The molecule has 6 nitrogen and oxygen atoms in total. The van der Waals surface area contributed by atoms with Gasteiger partial charge >= 0.3 is 0 Å². The predicted molar refractivity (Wildman–Crippen MR) is 117 cm³/mol. The van der Waals surface area contributed by atoms with Gasteiger partial charge in [0.25, 0.3) is 5.91 Å². The summed E-state index contributed by atoms with van der Waals surface area (Å²) in [6, 6.07) is 7.50. The van der Waals surface area contributed by atoms with E-state index < -0.39 is 0 Å². The number of carbonyl (C=O) groups excluding carboxylic acids is 2. The van der Waals surface area contributed by atoms with E-state index >= 15 is 0 Å². The Hall–Kier alpha value is -2.34. The van der Waals surface area contributed by atoms with Crippen LogP contribution in [-0.2, 0) is 4.79 Å². The van der Waals surface area contributed by atoms with Crippen LogP contribution < -0.4 is 0 Å². The Kier molecular flexibility index (Phi) is 6.14. The highest BCUT2D eigenvalue weighted by atomic mass is 35.5. The van der Waals surface area contributed by atoms with Gasteiger partial charge in [-0.2, -0.15) is 5.10 Å². The Morgan fingerprint density at radius 2 is 1.77 bits per heavy atom. The lowest BCUT2D eigenvalue weighted by molar-refractivity contribution is -0.135. The molecule has 1 aromatic heterocycles. The Balaban J connectivity index is 1.49. The molecule has 1 aromatic carbocycles. The number of amides is 2. The molecule has 160 valence electrons. The molecule has 0 atom stereocenters. The highest BCUT2D eigenvalue weighted by Gasteiger charge is 2.33. The van der Waals surface area contributed by atoms with Gasteiger partial charge in [-0.05, 0) is 49.8 Å². The molecule has 30 heavy (non-hydrogen) atoms. The SMILES string of the molecule is CC(C)c1c(C(=O)N2CCC(C(=O)N3CCCC3)CC2)cnn1-c1cccc(Cl)c1. The van der Waals surface area contributed by atoms with Crippen LogP contribution in [0.15, 0.2) is 30.5 Å². The Morgan fingerprint density at radius 1 is 1.07 bits per heavy atom. The Bertz CT molecular complexity index is 925. The highest BCUT2D eigenvalue weighted by molar-refractivity contribution is 6.30. The first-order valence-corrected chi connectivity index (χ1v) is 11.3. The monoisotopic (exact) mass is 428 g/mol. The van der Waals surface area contributed by atoms with Crippen molar-refractivity contribution in [3.8, 4) is 5.69 Å². The fourth-order valence-corrected chi connectivity index (χ4v) is 4.77. The fourth-order valence-electron chi connectivity index (χ4n) is 4.59. The molecule has 0 unspecified atom stereocenters. The lowest BCUT2D eigenvalue weighted by atomic mass is 9.94. The van der Waals surface area contributed by atoms with Gasteiger partial charge in [-0.1, -0.05) is 31.5 Å². The van der Waals surface area contributed by atoms with Crippen molar-refractivity contribution in [2.24, 2.45) is 5.92 Å². The minimum Gasteiger partial charge on any atom is -0.342 e. The molecule has 0 radical (unpaired) electrons. The maximum atomic E-state index is 13.3. The normalized spacial score (nSPS) is 17.7. The number of halogens is 1. The van der Waals surface area contributed by atoms with Crippen LogP contribution >= 0.6 is 11.6 Å². The third-order valence-corrected chi connectivity index (χ3v) is 6.42. The second-order valence-electron chi connectivity index (χ2n) is 8.59. The summed E-state index contributed by atoms with van der Waals surface area (Å²) in [6.45, 7) is 7.13. The van der Waals surface area contributed by atoms with E-state index in [2.05, 4.69) is 18.9 Å². The summed E-state index contributed by atoms with van der Waals surface area (Å²) in [5.74, 6) is 0.445. The molecule has 7 heteroatoms. The largest absolute Gasteiger partial charge is 0.342 e. The van der Waals surface area contributed by atoms with Gasteiger partial charge < -0.3 is 9.80 Å². The lowest BCUT2D eigenvalue weighted by Crippen LogP contribution is -2.44. The first-order valence-electron chi connectivity index (χ1n) is 10.9. The maximum Gasteiger partial charge on any atom is 0.257 e. The van der Waals surface area contributed by atoms with E-state index in [4.69, 9.17) is 11.6 Å². The van der Waals surface area contributed by atoms with Crippen LogP contribution in [0.25, 0.3) is 5.69 Å². The first-order chi connectivity index (χ1) is 14.5. The number of hydrogen-bond acceptors (Lipinski definition) is 3. The highest BCUT2D eigenvalue weighted by Crippen LogP contribution is 2.28. The van der Waals surface area contributed by atoms with E-state index in [0.29, 0.717) is 23.7 Å². The van der Waals surface area contributed by atoms with Crippen LogP contribution in [0, 0.1) is 5.92 Å². The molecule has 2 aliphatic rings. The molecule has 2 fully saturated rings. The fraction of sp³-hybridized carbons (Fsp3) is 0.522. The third-order valence-electron chi connectivity index (χ3n) is 6.19. The molecule has 2 aliphatic heterocycles. The molecule has 0 saturated carbocycles. The second kappa shape index (κ2) is 8.80. The molecule has 4 rings (SSSR count). The lowest BCUT2D eigenvalue weighted by Gasteiger charge is -2.33. The van der Waals surface area contributed by atoms with E-state index in [9.17, 15) is 9.59 Å². The summed E-state index contributed by atoms with van der Waals surface area (Å²) in [6.07, 6.45) is 5.36. The van der Waals surface area contributed by atoms with Gasteiger partial charge in [0.1, 0.15) is 0 Å². The van der Waals surface area contributed by atoms with Crippen molar-refractivity contribution in [1.29, 1.82) is 0 Å². The molecule has 0 spiro atoms. The van der Waals surface area contributed by atoms with Crippen molar-refractivity contribution >= 4 is 23.4 Å². The molecule has 2 aromatic rings. The molecular formula is C23H29ClN4O2. The molecular weight excluding hydrogens is 400 g/mol. The zero-order chi connectivity index (χ0) is 21.3. The average molecular weight is 429 g/mol. The average Bonchev–Trinajstić information content (AvgIpc) is 3.43. The van der Waals surface area contributed by atoms with Crippen LogP contribution in [-0.4, -0.2) is 57.6 Å². The molecule has 0 bridgehead atoms. The maximum absolute atomic E-state index is 13.3. The van der Waals surface area contributed by atoms with E-state index in [1.165, 1.54) is 0 Å². The van der Waals surface area contributed by atoms with Gasteiger partial charge in [0, 0.05) is 37.1 Å². The molecule has 2 saturated heterocycles. The molecule has 0 N–H and O–H groups in total. The van der Waals surface area contributed by atoms with Gasteiger partial charge in [-0.15, -0.1) is 0 Å². The molecule has 2 amide bonds. The zero-order valence-electron chi connectivity index (χ0n) is 17.7. The first kappa shape index (κ1) is 20.9. The number of aromatic nitrogens is 2. The van der Waals surface area contributed by atoms with E-state index in [1.54, 1.807) is 6.20 Å². The van der Waals surface area contributed by atoms with Crippen LogP contribution in [0.2, 0.25) is 5.02 Å². The molecule has 0 aliphatic carbocycles. The van der Waals surface area contributed by atoms with Crippen LogP contribution in [0.1, 0.15) is 61.5 Å². The second-order valence-corrected chi connectivity index (χ2v) is 9.03. The van der Waals surface area contributed by atoms with E-state index in [0.717, 1.165) is 50.2 Å². The van der Waals surface area contributed by atoms with Crippen LogP contribution in [0.4, 0.5) is 0 Å². The minimum atomic E-state index is -0.000880. The van der Waals surface area contributed by atoms with Crippen LogP contribution in [0.3, 0.4) is 0 Å². The van der Waals surface area contributed by atoms with Crippen molar-refractivity contribution < 1.29 is 9.59 Å². The van der Waals surface area contributed by atoms with Crippen molar-refractivity contribution in [3.63, 3.8) is 0 Å². The van der Waals surface area contributed by atoms with E-state index in [1.807, 2.05) is 38.7 Å². The van der Waals surface area contributed by atoms with Gasteiger partial charge in [-0.25, -0.2) is 4.68 Å². The topological polar surface area (TPSA) is 58.4 Å². The summed E-state index contributed by atoms with van der Waals surface area (Å²) in [5, 5.41) is 5.14. The summed E-state index contributed by atoms with van der Waals surface area (Å²) in [7, 11) is 0. The molecule has 3 heterocycles. The van der Waals surface area contributed by atoms with Crippen molar-refractivity contribution in [2.45, 2.75) is 45.4 Å². The Morgan fingerprint density at radius 3 is 2.40 bits per heavy atom. The van der Waals surface area contributed by atoms with Gasteiger partial charge in [0.15, 0.2) is 0 Å². The number of piperidine rings is 1. The number of nitrogens with zero attached hydrogens (tertiary/aromatic N) is 4. The quantitative estimate of drug-likeness (QED) is 0.735. The number of hydrogen-bond donors (Lipinski definition) is 0. The zero-order valence-corrected chi connectivity index (χ0v) is 18.4. The predicted octanol–water partition coefficient (Wildman–Crippen LogP) is 4.12. The standard InChI is InChI=1S/C23H29ClN4O2/c1-16(2)21-20(15-25-28(21)19-7-5-6-18(24)14-19)23(30)27-12-8-17(9-13-27)22(29)26-10-3-4-11-26/h5-7,14-17H,3-4,8-13H2,1-2H3. The van der Waals surface area contributed by atoms with Gasteiger partial charge in [-0.3, -0.25) is 9.59 Å². The summed E-state index contributed by atoms with van der Waals surface area (Å²) < 4.78 is 1.81. The third kappa shape index (κ3) is 4.10. The summed E-state index contributed by atoms with van der Waals surface area (Å²) in [5.41, 5.74) is 2.37. The van der Waals surface area contributed by atoms with Gasteiger partial charge in [0.05, 0.1) is 23.1 Å². The smallest absolute Gasteiger partial charge is 0.257 e. The number of carbonyl (C=O) groups is 2. The number of rotatable bonds is 4.